The van der Waals surface area contributed by atoms with Gasteiger partial charge in [0, 0.05) is 7.11 Å². The molecule has 0 aromatic rings. The van der Waals surface area contributed by atoms with Gasteiger partial charge in [0.1, 0.15) is 12.4 Å². The Labute approximate surface area is 66.7 Å². The molecule has 0 aliphatic heterocycles. The Kier molecular flexibility index (Phi) is 4.70. The average Bonchev–Trinajstić information content (AvgIpc) is 1.88. The maximum absolute atomic E-state index is 11.1. The van der Waals surface area contributed by atoms with Gasteiger partial charge >= 0.3 is 0 Å². The van der Waals surface area contributed by atoms with E-state index in [0.717, 1.165) is 0 Å². The van der Waals surface area contributed by atoms with E-state index in [1.807, 2.05) is 13.8 Å². The summed E-state index contributed by atoms with van der Waals surface area (Å²) in [7, 11) is 1.48. The van der Waals surface area contributed by atoms with E-state index in [1.54, 1.807) is 0 Å². The van der Waals surface area contributed by atoms with Gasteiger partial charge in [-0.25, -0.2) is 0 Å². The van der Waals surface area contributed by atoms with E-state index >= 15 is 0 Å². The number of methoxy groups -OCH3 is 1. The second-order valence-corrected chi connectivity index (χ2v) is 2.74. The summed E-state index contributed by atoms with van der Waals surface area (Å²) < 4.78 is 4.92. The Morgan fingerprint density at radius 3 is 2.36 bits per heavy atom. The van der Waals surface area contributed by atoms with Crippen LogP contribution in [0.15, 0.2) is 0 Å². The number of hydrogen-bond donors (Lipinski definition) is 0. The fraction of sp³-hybridized carbons (Fsp3) is 0.750. The first kappa shape index (κ1) is 10.3. The zero-order valence-corrected chi connectivity index (χ0v) is 7.16. The predicted octanol–water partition coefficient (Wildman–Crippen LogP) is 0.815. The van der Waals surface area contributed by atoms with Gasteiger partial charge in [-0.3, -0.25) is 4.79 Å². The van der Waals surface area contributed by atoms with Gasteiger partial charge in [-0.15, -0.1) is 0 Å². The van der Waals surface area contributed by atoms with Crippen LogP contribution in [0.3, 0.4) is 0 Å². The Morgan fingerprint density at radius 2 is 2.09 bits per heavy atom. The summed E-state index contributed by atoms with van der Waals surface area (Å²) >= 11 is 0. The molecule has 1 unspecified atom stereocenters. The van der Waals surface area contributed by atoms with Crippen LogP contribution in [-0.2, 0) is 14.3 Å². The van der Waals surface area contributed by atoms with Gasteiger partial charge in [0.15, 0.2) is 5.78 Å². The number of aldehydes is 1. The van der Waals surface area contributed by atoms with Crippen LogP contribution in [0.5, 0.6) is 0 Å². The third-order valence-electron chi connectivity index (χ3n) is 1.46. The van der Waals surface area contributed by atoms with Crippen LogP contribution in [0.25, 0.3) is 0 Å². The number of hydrogen-bond acceptors (Lipinski definition) is 3. The van der Waals surface area contributed by atoms with Crippen molar-refractivity contribution in [2.24, 2.45) is 5.92 Å². The quantitative estimate of drug-likeness (QED) is 0.439. The van der Waals surface area contributed by atoms with Gasteiger partial charge in [-0.2, -0.15) is 0 Å². The van der Waals surface area contributed by atoms with E-state index in [2.05, 4.69) is 0 Å². The molecule has 0 heterocycles. The molecule has 0 N–H and O–H groups in total. The van der Waals surface area contributed by atoms with Crippen LogP contribution in [0, 0.1) is 5.92 Å². The van der Waals surface area contributed by atoms with Crippen LogP contribution in [0.1, 0.15) is 20.3 Å². The summed E-state index contributed by atoms with van der Waals surface area (Å²) in [5.41, 5.74) is 0. The van der Waals surface area contributed by atoms with Crippen LogP contribution >= 0.6 is 0 Å². The molecule has 0 rings (SSSR count). The van der Waals surface area contributed by atoms with Crippen molar-refractivity contribution in [2.45, 2.75) is 26.4 Å². The highest BCUT2D eigenvalue weighted by Crippen LogP contribution is 2.07. The molecule has 11 heavy (non-hydrogen) atoms. The van der Waals surface area contributed by atoms with Crippen molar-refractivity contribution < 1.29 is 14.3 Å². The van der Waals surface area contributed by atoms with Crippen LogP contribution in [0.4, 0.5) is 0 Å². The fourth-order valence-electron chi connectivity index (χ4n) is 0.974. The lowest BCUT2D eigenvalue weighted by atomic mass is 10.0. The average molecular weight is 158 g/mol. The van der Waals surface area contributed by atoms with Crippen molar-refractivity contribution in [3.05, 3.63) is 0 Å². The number of ether oxygens (including phenoxy) is 1. The topological polar surface area (TPSA) is 43.4 Å². The van der Waals surface area contributed by atoms with Gasteiger partial charge in [0.05, 0.1) is 6.42 Å². The Bertz CT molecular complexity index is 140. The zero-order chi connectivity index (χ0) is 8.85. The molecule has 0 aromatic carbocycles. The molecule has 0 aromatic heterocycles. The van der Waals surface area contributed by atoms with Crippen molar-refractivity contribution >= 4 is 12.1 Å². The minimum absolute atomic E-state index is 0.0450. The maximum atomic E-state index is 11.1. The second-order valence-electron chi connectivity index (χ2n) is 2.74. The third kappa shape index (κ3) is 3.28. The summed E-state index contributed by atoms with van der Waals surface area (Å²) in [6, 6.07) is 0. The first-order chi connectivity index (χ1) is 5.13. The van der Waals surface area contributed by atoms with Crippen LogP contribution < -0.4 is 0 Å². The molecular weight excluding hydrogens is 144 g/mol. The largest absolute Gasteiger partial charge is 0.373 e. The Balaban J connectivity index is 4.02. The van der Waals surface area contributed by atoms with E-state index in [-0.39, 0.29) is 18.1 Å². The molecule has 1 atom stereocenters. The standard InChI is InChI=1S/C8H14O3/c1-6(2)8(11-3)7(10)4-5-9/h5-6,8H,4H2,1-3H3. The molecule has 0 saturated carbocycles. The SMILES string of the molecule is COC(C(=O)CC=O)C(C)C. The molecule has 0 amide bonds. The molecule has 3 nitrogen and oxygen atoms in total. The molecule has 0 aliphatic carbocycles. The summed E-state index contributed by atoms with van der Waals surface area (Å²) in [6.45, 7) is 3.77. The minimum Gasteiger partial charge on any atom is -0.373 e. The van der Waals surface area contributed by atoms with Crippen LogP contribution in [0.2, 0.25) is 0 Å². The lowest BCUT2D eigenvalue weighted by Crippen LogP contribution is -2.28. The summed E-state index contributed by atoms with van der Waals surface area (Å²) in [4.78, 5) is 21.0. The molecule has 3 heteroatoms. The number of Topliss-reactive ketones (excluding diaryl/α,β-unsaturated/α-hetero) is 1. The lowest BCUT2D eigenvalue weighted by Gasteiger charge is -2.15. The van der Waals surface area contributed by atoms with Crippen molar-refractivity contribution in [3.8, 4) is 0 Å². The number of ketones is 1. The molecule has 0 saturated heterocycles. The van der Waals surface area contributed by atoms with E-state index in [9.17, 15) is 9.59 Å². The molecule has 0 fully saturated rings. The predicted molar refractivity (Wildman–Crippen MR) is 41.3 cm³/mol. The van der Waals surface area contributed by atoms with Crippen molar-refractivity contribution in [2.75, 3.05) is 7.11 Å². The van der Waals surface area contributed by atoms with E-state index < -0.39 is 6.10 Å². The summed E-state index contributed by atoms with van der Waals surface area (Å²) in [5, 5.41) is 0. The van der Waals surface area contributed by atoms with Gasteiger partial charge in [0.25, 0.3) is 0 Å². The zero-order valence-electron chi connectivity index (χ0n) is 7.16. The first-order valence-corrected chi connectivity index (χ1v) is 3.62. The van der Waals surface area contributed by atoms with E-state index in [0.29, 0.717) is 6.29 Å². The van der Waals surface area contributed by atoms with Gasteiger partial charge in [-0.05, 0) is 5.92 Å². The second kappa shape index (κ2) is 5.02. The number of rotatable bonds is 5. The summed E-state index contributed by atoms with van der Waals surface area (Å²) in [6.07, 6.45) is 0.133. The van der Waals surface area contributed by atoms with Crippen molar-refractivity contribution in [1.29, 1.82) is 0 Å². The fourth-order valence-corrected chi connectivity index (χ4v) is 0.974. The Morgan fingerprint density at radius 1 is 1.55 bits per heavy atom. The highest BCUT2D eigenvalue weighted by molar-refractivity contribution is 5.93. The summed E-state index contributed by atoms with van der Waals surface area (Å²) in [5.74, 6) is -0.00931. The molecule has 0 spiro atoms. The first-order valence-electron chi connectivity index (χ1n) is 3.62. The molecular formula is C8H14O3. The molecule has 64 valence electrons. The van der Waals surface area contributed by atoms with Crippen LogP contribution in [-0.4, -0.2) is 25.3 Å². The van der Waals surface area contributed by atoms with Gasteiger partial charge < -0.3 is 9.53 Å². The monoisotopic (exact) mass is 158 g/mol. The van der Waals surface area contributed by atoms with Crippen molar-refractivity contribution in [1.82, 2.24) is 0 Å². The molecule has 0 aliphatic rings. The Hall–Kier alpha value is -0.700. The maximum Gasteiger partial charge on any atom is 0.168 e. The lowest BCUT2D eigenvalue weighted by molar-refractivity contribution is -0.132. The molecule has 0 radical (unpaired) electrons. The minimum atomic E-state index is -0.430. The number of carbonyl (C=O) groups excluding carboxylic acids is 2. The van der Waals surface area contributed by atoms with E-state index in [4.69, 9.17) is 4.74 Å². The highest BCUT2D eigenvalue weighted by Gasteiger charge is 2.20. The van der Waals surface area contributed by atoms with Crippen molar-refractivity contribution in [3.63, 3.8) is 0 Å². The third-order valence-corrected chi connectivity index (χ3v) is 1.46. The smallest absolute Gasteiger partial charge is 0.168 e. The highest BCUT2D eigenvalue weighted by atomic mass is 16.5. The normalized spacial score (nSPS) is 13.1. The van der Waals surface area contributed by atoms with Gasteiger partial charge in [0.2, 0.25) is 0 Å². The van der Waals surface area contributed by atoms with Gasteiger partial charge in [-0.1, -0.05) is 13.8 Å². The van der Waals surface area contributed by atoms with E-state index in [1.165, 1.54) is 7.11 Å². The number of carbonyl (C=O) groups is 2. The molecule has 0 bridgehead atoms.